The van der Waals surface area contributed by atoms with E-state index in [9.17, 15) is 4.79 Å². The summed E-state index contributed by atoms with van der Waals surface area (Å²) >= 11 is 11.8. The molecule has 0 radical (unpaired) electrons. The van der Waals surface area contributed by atoms with Crippen molar-refractivity contribution < 1.29 is 9.53 Å². The number of aryl methyl sites for hydroxylation is 1. The molecule has 2 aromatic rings. The van der Waals surface area contributed by atoms with E-state index in [1.54, 1.807) is 18.2 Å². The molecule has 0 aliphatic rings. The molecular weight excluding hydrogens is 333 g/mol. The topological polar surface area (TPSA) is 38.3 Å². The van der Waals surface area contributed by atoms with Crippen molar-refractivity contribution in [2.45, 2.75) is 26.7 Å². The molecule has 0 saturated heterocycles. The fourth-order valence-corrected chi connectivity index (χ4v) is 2.78. The van der Waals surface area contributed by atoms with Crippen LogP contribution in [0, 0.1) is 6.92 Å². The lowest BCUT2D eigenvalue weighted by Crippen LogP contribution is -2.21. The zero-order chi connectivity index (χ0) is 17.0. The molecule has 0 atom stereocenters. The molecule has 2 aromatic carbocycles. The van der Waals surface area contributed by atoms with E-state index in [1.807, 2.05) is 25.1 Å². The number of halogens is 2. The summed E-state index contributed by atoms with van der Waals surface area (Å²) in [6, 6.07) is 10.8. The second-order valence-electron chi connectivity index (χ2n) is 5.64. The summed E-state index contributed by atoms with van der Waals surface area (Å²) in [7, 11) is 0. The SMILES string of the molecule is Cc1cccc(C(C)C)c1NC(=O)COc1cc(Cl)cc(Cl)c1. The third kappa shape index (κ3) is 4.88. The maximum absolute atomic E-state index is 12.2. The highest BCUT2D eigenvalue weighted by atomic mass is 35.5. The van der Waals surface area contributed by atoms with Crippen LogP contribution in [0.25, 0.3) is 0 Å². The van der Waals surface area contributed by atoms with Gasteiger partial charge in [0.1, 0.15) is 5.75 Å². The predicted octanol–water partition coefficient (Wildman–Crippen LogP) is 5.44. The monoisotopic (exact) mass is 351 g/mol. The Bertz CT molecular complexity index is 694. The number of anilines is 1. The van der Waals surface area contributed by atoms with Crippen molar-refractivity contribution in [3.63, 3.8) is 0 Å². The van der Waals surface area contributed by atoms with Crippen LogP contribution in [0.2, 0.25) is 10.0 Å². The molecular formula is C18H19Cl2NO2. The summed E-state index contributed by atoms with van der Waals surface area (Å²) < 4.78 is 5.46. The molecule has 1 N–H and O–H groups in total. The Hall–Kier alpha value is -1.71. The molecule has 0 spiro atoms. The van der Waals surface area contributed by atoms with Gasteiger partial charge in [0, 0.05) is 15.7 Å². The molecule has 2 rings (SSSR count). The zero-order valence-corrected chi connectivity index (χ0v) is 14.8. The molecule has 122 valence electrons. The van der Waals surface area contributed by atoms with E-state index in [4.69, 9.17) is 27.9 Å². The first kappa shape index (κ1) is 17.6. The van der Waals surface area contributed by atoms with Crippen LogP contribution in [0.5, 0.6) is 5.75 Å². The Balaban J connectivity index is 2.06. The van der Waals surface area contributed by atoms with Gasteiger partial charge in [0.05, 0.1) is 0 Å². The molecule has 0 aromatic heterocycles. The molecule has 0 unspecified atom stereocenters. The zero-order valence-electron chi connectivity index (χ0n) is 13.3. The maximum atomic E-state index is 12.2. The Labute approximate surface area is 146 Å². The maximum Gasteiger partial charge on any atom is 0.262 e. The number of benzene rings is 2. The summed E-state index contributed by atoms with van der Waals surface area (Å²) in [6.07, 6.45) is 0. The summed E-state index contributed by atoms with van der Waals surface area (Å²) in [5.74, 6) is 0.557. The molecule has 0 aliphatic heterocycles. The third-order valence-electron chi connectivity index (χ3n) is 3.40. The van der Waals surface area contributed by atoms with Crippen LogP contribution in [0.3, 0.4) is 0 Å². The molecule has 0 heterocycles. The molecule has 1 amide bonds. The van der Waals surface area contributed by atoms with Crippen molar-refractivity contribution in [2.24, 2.45) is 0 Å². The van der Waals surface area contributed by atoms with Crippen molar-refractivity contribution in [3.8, 4) is 5.75 Å². The Morgan fingerprint density at radius 2 is 1.83 bits per heavy atom. The van der Waals surface area contributed by atoms with Gasteiger partial charge in [0.15, 0.2) is 6.61 Å². The van der Waals surface area contributed by atoms with Crippen LogP contribution >= 0.6 is 23.2 Å². The lowest BCUT2D eigenvalue weighted by molar-refractivity contribution is -0.118. The molecule has 3 nitrogen and oxygen atoms in total. The van der Waals surface area contributed by atoms with E-state index in [0.29, 0.717) is 21.7 Å². The number of ether oxygens (including phenoxy) is 1. The summed E-state index contributed by atoms with van der Waals surface area (Å²) in [4.78, 5) is 12.2. The smallest absolute Gasteiger partial charge is 0.262 e. The number of nitrogens with one attached hydrogen (secondary N) is 1. The van der Waals surface area contributed by atoms with Gasteiger partial charge < -0.3 is 10.1 Å². The van der Waals surface area contributed by atoms with Crippen LogP contribution in [0.1, 0.15) is 30.9 Å². The van der Waals surface area contributed by atoms with Gasteiger partial charge in [0.25, 0.3) is 5.91 Å². The van der Waals surface area contributed by atoms with Gasteiger partial charge in [-0.1, -0.05) is 55.2 Å². The van der Waals surface area contributed by atoms with Crippen molar-refractivity contribution in [1.82, 2.24) is 0 Å². The minimum Gasteiger partial charge on any atom is -0.484 e. The van der Waals surface area contributed by atoms with Crippen molar-refractivity contribution >= 4 is 34.8 Å². The van der Waals surface area contributed by atoms with Gasteiger partial charge in [-0.15, -0.1) is 0 Å². The Kier molecular flexibility index (Phi) is 5.91. The van der Waals surface area contributed by atoms with Crippen molar-refractivity contribution in [3.05, 3.63) is 57.6 Å². The molecule has 23 heavy (non-hydrogen) atoms. The van der Waals surface area contributed by atoms with E-state index in [-0.39, 0.29) is 12.5 Å². The average Bonchev–Trinajstić information content (AvgIpc) is 2.46. The number of amides is 1. The molecule has 0 fully saturated rings. The van der Waals surface area contributed by atoms with Gasteiger partial charge in [-0.3, -0.25) is 4.79 Å². The normalized spacial score (nSPS) is 10.7. The molecule has 0 bridgehead atoms. The number of para-hydroxylation sites is 1. The number of hydrogen-bond acceptors (Lipinski definition) is 2. The van der Waals surface area contributed by atoms with Gasteiger partial charge in [0.2, 0.25) is 0 Å². The van der Waals surface area contributed by atoms with E-state index in [1.165, 1.54) is 0 Å². The number of carbonyl (C=O) groups is 1. The van der Waals surface area contributed by atoms with Gasteiger partial charge >= 0.3 is 0 Å². The summed E-state index contributed by atoms with van der Waals surface area (Å²) in [5.41, 5.74) is 2.97. The first-order valence-electron chi connectivity index (χ1n) is 7.35. The number of rotatable bonds is 5. The second kappa shape index (κ2) is 7.71. The third-order valence-corrected chi connectivity index (χ3v) is 3.83. The van der Waals surface area contributed by atoms with Crippen LogP contribution < -0.4 is 10.1 Å². The molecule has 0 saturated carbocycles. The average molecular weight is 352 g/mol. The first-order valence-corrected chi connectivity index (χ1v) is 8.10. The first-order chi connectivity index (χ1) is 10.9. The fourth-order valence-electron chi connectivity index (χ4n) is 2.28. The largest absolute Gasteiger partial charge is 0.484 e. The predicted molar refractivity (Wildman–Crippen MR) is 95.9 cm³/mol. The fraction of sp³-hybridized carbons (Fsp3) is 0.278. The lowest BCUT2D eigenvalue weighted by Gasteiger charge is -2.16. The summed E-state index contributed by atoms with van der Waals surface area (Å²) in [5, 5.41) is 3.86. The van der Waals surface area contributed by atoms with Crippen LogP contribution in [0.4, 0.5) is 5.69 Å². The van der Waals surface area contributed by atoms with E-state index in [2.05, 4.69) is 19.2 Å². The van der Waals surface area contributed by atoms with E-state index in [0.717, 1.165) is 16.8 Å². The van der Waals surface area contributed by atoms with E-state index < -0.39 is 0 Å². The van der Waals surface area contributed by atoms with Crippen LogP contribution in [-0.2, 0) is 4.79 Å². The highest BCUT2D eigenvalue weighted by molar-refractivity contribution is 6.34. The standard InChI is InChI=1S/C18H19Cl2NO2/c1-11(2)16-6-4-5-12(3)18(16)21-17(22)10-23-15-8-13(19)7-14(20)9-15/h4-9,11H,10H2,1-3H3,(H,21,22). The highest BCUT2D eigenvalue weighted by Gasteiger charge is 2.12. The van der Waals surface area contributed by atoms with Crippen molar-refractivity contribution in [2.75, 3.05) is 11.9 Å². The van der Waals surface area contributed by atoms with E-state index >= 15 is 0 Å². The van der Waals surface area contributed by atoms with Gasteiger partial charge in [-0.25, -0.2) is 0 Å². The van der Waals surface area contributed by atoms with Gasteiger partial charge in [-0.05, 0) is 42.2 Å². The number of carbonyl (C=O) groups excluding carboxylic acids is 1. The lowest BCUT2D eigenvalue weighted by atomic mass is 9.98. The molecule has 5 heteroatoms. The Morgan fingerprint density at radius 3 is 2.43 bits per heavy atom. The van der Waals surface area contributed by atoms with Crippen LogP contribution in [-0.4, -0.2) is 12.5 Å². The minimum absolute atomic E-state index is 0.109. The minimum atomic E-state index is -0.225. The summed E-state index contributed by atoms with van der Waals surface area (Å²) in [6.45, 7) is 6.05. The second-order valence-corrected chi connectivity index (χ2v) is 6.51. The Morgan fingerprint density at radius 1 is 1.17 bits per heavy atom. The van der Waals surface area contributed by atoms with Crippen molar-refractivity contribution in [1.29, 1.82) is 0 Å². The molecule has 0 aliphatic carbocycles. The van der Waals surface area contributed by atoms with Crippen LogP contribution in [0.15, 0.2) is 36.4 Å². The number of hydrogen-bond donors (Lipinski definition) is 1. The highest BCUT2D eigenvalue weighted by Crippen LogP contribution is 2.27. The van der Waals surface area contributed by atoms with Gasteiger partial charge in [-0.2, -0.15) is 0 Å². The quantitative estimate of drug-likeness (QED) is 0.778.